The monoisotopic (exact) mass is 392 g/mol. The van der Waals surface area contributed by atoms with Gasteiger partial charge in [-0.1, -0.05) is 12.1 Å². The van der Waals surface area contributed by atoms with E-state index in [0.717, 1.165) is 6.42 Å². The smallest absolute Gasteiger partial charge is 0.261 e. The van der Waals surface area contributed by atoms with Crippen LogP contribution >= 0.6 is 0 Å². The van der Waals surface area contributed by atoms with Crippen molar-refractivity contribution in [3.63, 3.8) is 0 Å². The molecule has 2 heterocycles. The Kier molecular flexibility index (Phi) is 5.79. The average Bonchev–Trinajstić information content (AvgIpc) is 3.11. The number of aliphatic imine (C=N–C) groups is 1. The highest BCUT2D eigenvalue weighted by molar-refractivity contribution is 7.91. The molecule has 1 fully saturated rings. The Labute approximate surface area is 159 Å². The van der Waals surface area contributed by atoms with Crippen molar-refractivity contribution in [2.24, 2.45) is 4.99 Å². The molecular formula is C18H24N4O4S. The Bertz CT molecular complexity index is 831. The Hall–Kier alpha value is -2.42. The van der Waals surface area contributed by atoms with Gasteiger partial charge in [0.15, 0.2) is 15.8 Å². The van der Waals surface area contributed by atoms with Crippen LogP contribution in [0.2, 0.25) is 0 Å². The molecule has 1 aromatic rings. The molecule has 0 spiro atoms. The topological polar surface area (TPSA) is 108 Å². The molecule has 1 unspecified atom stereocenters. The molecule has 3 rings (SSSR count). The van der Waals surface area contributed by atoms with Gasteiger partial charge >= 0.3 is 0 Å². The van der Waals surface area contributed by atoms with Crippen LogP contribution < -0.4 is 10.6 Å². The molecule has 0 bridgehead atoms. The van der Waals surface area contributed by atoms with Crippen LogP contribution in [-0.4, -0.2) is 68.8 Å². The summed E-state index contributed by atoms with van der Waals surface area (Å²) in [5, 5.41) is 6.26. The van der Waals surface area contributed by atoms with Gasteiger partial charge in [0.25, 0.3) is 11.8 Å². The third-order valence-electron chi connectivity index (χ3n) is 4.78. The van der Waals surface area contributed by atoms with Crippen molar-refractivity contribution < 1.29 is 18.0 Å². The van der Waals surface area contributed by atoms with Gasteiger partial charge in [-0.3, -0.25) is 19.5 Å². The third kappa shape index (κ3) is 4.47. The second-order valence-corrected chi connectivity index (χ2v) is 8.99. The van der Waals surface area contributed by atoms with E-state index in [9.17, 15) is 18.0 Å². The Morgan fingerprint density at radius 2 is 1.85 bits per heavy atom. The molecule has 0 radical (unpaired) electrons. The molecule has 2 N–H and O–H groups in total. The summed E-state index contributed by atoms with van der Waals surface area (Å²) < 4.78 is 23.0. The van der Waals surface area contributed by atoms with Crippen molar-refractivity contribution in [2.45, 2.75) is 25.3 Å². The van der Waals surface area contributed by atoms with Gasteiger partial charge in [-0.2, -0.15) is 0 Å². The highest BCUT2D eigenvalue weighted by Gasteiger charge is 2.34. The molecule has 0 aliphatic carbocycles. The molecule has 27 heavy (non-hydrogen) atoms. The SMILES string of the molecule is CN=C(NCCCCN1C(=O)c2ccccc2C1=O)NC1CCS(=O)(=O)C1. The summed E-state index contributed by atoms with van der Waals surface area (Å²) in [4.78, 5) is 30.0. The van der Waals surface area contributed by atoms with Crippen LogP contribution in [0.3, 0.4) is 0 Å². The summed E-state index contributed by atoms with van der Waals surface area (Å²) >= 11 is 0. The lowest BCUT2D eigenvalue weighted by Crippen LogP contribution is -2.44. The summed E-state index contributed by atoms with van der Waals surface area (Å²) in [6, 6.07) is 6.75. The van der Waals surface area contributed by atoms with Gasteiger partial charge in [0.1, 0.15) is 0 Å². The predicted molar refractivity (Wildman–Crippen MR) is 103 cm³/mol. The van der Waals surface area contributed by atoms with Crippen molar-refractivity contribution in [1.82, 2.24) is 15.5 Å². The maximum absolute atomic E-state index is 12.3. The Morgan fingerprint density at radius 1 is 1.19 bits per heavy atom. The first-order valence-electron chi connectivity index (χ1n) is 9.04. The number of carbonyl (C=O) groups is 2. The van der Waals surface area contributed by atoms with E-state index in [4.69, 9.17) is 0 Å². The van der Waals surface area contributed by atoms with Crippen molar-refractivity contribution in [1.29, 1.82) is 0 Å². The fourth-order valence-corrected chi connectivity index (χ4v) is 5.01. The number of hydrogen-bond acceptors (Lipinski definition) is 5. The minimum Gasteiger partial charge on any atom is -0.356 e. The third-order valence-corrected chi connectivity index (χ3v) is 6.54. The number of nitrogens with zero attached hydrogens (tertiary/aromatic N) is 2. The molecule has 1 saturated heterocycles. The lowest BCUT2D eigenvalue weighted by atomic mass is 10.1. The van der Waals surface area contributed by atoms with Crippen LogP contribution in [0, 0.1) is 0 Å². The minimum absolute atomic E-state index is 0.112. The maximum Gasteiger partial charge on any atom is 0.261 e. The fraction of sp³-hybridized carbons (Fsp3) is 0.500. The van der Waals surface area contributed by atoms with Gasteiger partial charge < -0.3 is 10.6 Å². The number of guanidine groups is 1. The number of fused-ring (bicyclic) bond motifs is 1. The van der Waals surface area contributed by atoms with Gasteiger partial charge in [0.2, 0.25) is 0 Å². The number of unbranched alkanes of at least 4 members (excludes halogenated alkanes) is 1. The Balaban J connectivity index is 1.39. The number of amides is 2. The molecule has 2 amide bonds. The van der Waals surface area contributed by atoms with E-state index in [1.54, 1.807) is 31.3 Å². The number of benzene rings is 1. The number of nitrogens with one attached hydrogen (secondary N) is 2. The van der Waals surface area contributed by atoms with Crippen molar-refractivity contribution >= 4 is 27.6 Å². The quantitative estimate of drug-likeness (QED) is 0.314. The van der Waals surface area contributed by atoms with Crippen LogP contribution in [-0.2, 0) is 9.84 Å². The molecule has 146 valence electrons. The zero-order valence-electron chi connectivity index (χ0n) is 15.3. The molecule has 0 saturated carbocycles. The average molecular weight is 392 g/mol. The summed E-state index contributed by atoms with van der Waals surface area (Å²) in [7, 11) is -1.30. The summed E-state index contributed by atoms with van der Waals surface area (Å²) in [5.74, 6) is 0.444. The van der Waals surface area contributed by atoms with Gasteiger partial charge in [-0.25, -0.2) is 8.42 Å². The van der Waals surface area contributed by atoms with Gasteiger partial charge in [-0.05, 0) is 31.4 Å². The lowest BCUT2D eigenvalue weighted by Gasteiger charge is -2.17. The largest absolute Gasteiger partial charge is 0.356 e. The molecule has 8 nitrogen and oxygen atoms in total. The highest BCUT2D eigenvalue weighted by Crippen LogP contribution is 2.22. The number of carbonyl (C=O) groups excluding carboxylic acids is 2. The molecule has 1 aromatic carbocycles. The van der Waals surface area contributed by atoms with E-state index in [1.165, 1.54) is 4.90 Å². The van der Waals surface area contributed by atoms with Crippen LogP contribution in [0.25, 0.3) is 0 Å². The van der Waals surface area contributed by atoms with E-state index in [2.05, 4.69) is 15.6 Å². The van der Waals surface area contributed by atoms with Crippen LogP contribution in [0.5, 0.6) is 0 Å². The second-order valence-electron chi connectivity index (χ2n) is 6.76. The zero-order valence-corrected chi connectivity index (χ0v) is 16.1. The predicted octanol–water partition coefficient (Wildman–Crippen LogP) is 0.415. The number of hydrogen-bond donors (Lipinski definition) is 2. The van der Waals surface area contributed by atoms with Crippen LogP contribution in [0.4, 0.5) is 0 Å². The first-order chi connectivity index (χ1) is 12.9. The minimum atomic E-state index is -2.94. The standard InChI is InChI=1S/C18H24N4O4S/c1-19-18(21-13-8-11-27(25,26)12-13)20-9-4-5-10-22-16(23)14-6-2-3-7-15(14)17(22)24/h2-3,6-7,13H,4-5,8-12H2,1H3,(H2,19,20,21). The van der Waals surface area contributed by atoms with Gasteiger partial charge in [-0.15, -0.1) is 0 Å². The summed E-state index contributed by atoms with van der Waals surface area (Å²) in [6.07, 6.45) is 2.01. The summed E-state index contributed by atoms with van der Waals surface area (Å²) in [6.45, 7) is 0.989. The van der Waals surface area contributed by atoms with Gasteiger partial charge in [0, 0.05) is 26.2 Å². The highest BCUT2D eigenvalue weighted by atomic mass is 32.2. The molecule has 2 aliphatic rings. The van der Waals surface area contributed by atoms with Crippen molar-refractivity contribution in [2.75, 3.05) is 31.6 Å². The van der Waals surface area contributed by atoms with E-state index >= 15 is 0 Å². The van der Waals surface area contributed by atoms with Crippen molar-refractivity contribution in [3.8, 4) is 0 Å². The second kappa shape index (κ2) is 8.08. The fourth-order valence-electron chi connectivity index (χ4n) is 3.34. The normalized spacial score (nSPS) is 21.4. The van der Waals surface area contributed by atoms with E-state index < -0.39 is 9.84 Å². The van der Waals surface area contributed by atoms with E-state index in [1.807, 2.05) is 0 Å². The molecule has 1 atom stereocenters. The van der Waals surface area contributed by atoms with E-state index in [-0.39, 0.29) is 29.4 Å². The first-order valence-corrected chi connectivity index (χ1v) is 10.9. The lowest BCUT2D eigenvalue weighted by molar-refractivity contribution is 0.0652. The maximum atomic E-state index is 12.3. The van der Waals surface area contributed by atoms with Gasteiger partial charge in [0.05, 0.1) is 22.6 Å². The first kappa shape index (κ1) is 19.3. The summed E-state index contributed by atoms with van der Waals surface area (Å²) in [5.41, 5.74) is 0.938. The number of sulfone groups is 1. The van der Waals surface area contributed by atoms with E-state index in [0.29, 0.717) is 43.0 Å². The number of rotatable bonds is 6. The number of imide groups is 1. The molecular weight excluding hydrogens is 368 g/mol. The zero-order chi connectivity index (χ0) is 19.4. The Morgan fingerprint density at radius 3 is 2.41 bits per heavy atom. The molecule has 9 heteroatoms. The van der Waals surface area contributed by atoms with Crippen LogP contribution in [0.15, 0.2) is 29.3 Å². The molecule has 0 aromatic heterocycles. The molecule has 2 aliphatic heterocycles. The van der Waals surface area contributed by atoms with Crippen molar-refractivity contribution in [3.05, 3.63) is 35.4 Å². The van der Waals surface area contributed by atoms with Crippen LogP contribution in [0.1, 0.15) is 40.0 Å².